The van der Waals surface area contributed by atoms with Crippen molar-refractivity contribution in [1.29, 1.82) is 0 Å². The summed E-state index contributed by atoms with van der Waals surface area (Å²) in [4.78, 5) is 44.7. The Kier molecular flexibility index (Phi) is 7.54. The molecule has 188 valence electrons. The van der Waals surface area contributed by atoms with E-state index >= 15 is 0 Å². The molecule has 1 aromatic carbocycles. The van der Waals surface area contributed by atoms with Gasteiger partial charge in [-0.3, -0.25) is 14.5 Å². The first-order valence-corrected chi connectivity index (χ1v) is 12.3. The van der Waals surface area contributed by atoms with Gasteiger partial charge in [-0.1, -0.05) is 43.2 Å². The van der Waals surface area contributed by atoms with Gasteiger partial charge in [0.1, 0.15) is 10.6 Å². The number of furan rings is 1. The number of ketones is 1. The summed E-state index contributed by atoms with van der Waals surface area (Å²) in [6.07, 6.45) is 4.33. The number of aliphatic hydroxyl groups is 1. The predicted molar refractivity (Wildman–Crippen MR) is 133 cm³/mol. The molecule has 1 amide bonds. The van der Waals surface area contributed by atoms with Crippen molar-refractivity contribution in [2.45, 2.75) is 39.2 Å². The van der Waals surface area contributed by atoms with E-state index in [0.29, 0.717) is 23.6 Å². The van der Waals surface area contributed by atoms with Crippen LogP contribution in [0.2, 0.25) is 0 Å². The molecule has 0 spiro atoms. The lowest BCUT2D eigenvalue weighted by Gasteiger charge is -2.24. The number of unbranched alkanes of at least 4 members (excludes halogenated alkanes) is 2. The maximum Gasteiger partial charge on any atom is 0.350 e. The Labute approximate surface area is 212 Å². The highest BCUT2D eigenvalue weighted by molar-refractivity contribution is 7.17. The summed E-state index contributed by atoms with van der Waals surface area (Å²) in [5.74, 6) is -2.19. The van der Waals surface area contributed by atoms with Crippen molar-refractivity contribution in [3.05, 3.63) is 75.9 Å². The van der Waals surface area contributed by atoms with Gasteiger partial charge in [-0.2, -0.15) is 0 Å². The van der Waals surface area contributed by atoms with E-state index in [1.165, 1.54) is 24.3 Å². The van der Waals surface area contributed by atoms with Crippen LogP contribution in [0, 0.1) is 6.92 Å². The Morgan fingerprint density at radius 3 is 2.72 bits per heavy atom. The highest BCUT2D eigenvalue weighted by Crippen LogP contribution is 2.44. The van der Waals surface area contributed by atoms with Gasteiger partial charge in [0.15, 0.2) is 16.7 Å². The molecule has 2 aromatic heterocycles. The van der Waals surface area contributed by atoms with E-state index in [2.05, 4.69) is 11.9 Å². The standard InChI is InChI=1S/C26H26N2O7S/c1-4-5-6-12-34-17-10-7-9-16(14-17)20-19(21(29)18-11-8-13-35-18)22(30)24(31)28(20)26-27-15(2)23(36-26)25(32)33-3/h7-11,13-14,20,30H,4-6,12H2,1-3H3. The molecule has 3 aromatic rings. The smallest absolute Gasteiger partial charge is 0.350 e. The number of rotatable bonds is 10. The van der Waals surface area contributed by atoms with E-state index in [9.17, 15) is 19.5 Å². The monoisotopic (exact) mass is 510 g/mol. The molecule has 1 aliphatic rings. The number of ether oxygens (including phenoxy) is 2. The van der Waals surface area contributed by atoms with Crippen LogP contribution in [0.4, 0.5) is 5.13 Å². The highest BCUT2D eigenvalue weighted by atomic mass is 32.1. The third kappa shape index (κ3) is 4.76. The number of hydrogen-bond acceptors (Lipinski definition) is 9. The fourth-order valence-corrected chi connectivity index (χ4v) is 4.99. The molecular formula is C26H26N2O7S. The van der Waals surface area contributed by atoms with Crippen LogP contribution in [-0.2, 0) is 9.53 Å². The van der Waals surface area contributed by atoms with Crippen LogP contribution < -0.4 is 9.64 Å². The molecule has 0 aliphatic carbocycles. The second-order valence-electron chi connectivity index (χ2n) is 8.18. The molecule has 1 unspecified atom stereocenters. The van der Waals surface area contributed by atoms with Crippen molar-refractivity contribution < 1.29 is 33.4 Å². The lowest BCUT2D eigenvalue weighted by Crippen LogP contribution is -2.31. The zero-order chi connectivity index (χ0) is 25.8. The number of benzene rings is 1. The van der Waals surface area contributed by atoms with Crippen molar-refractivity contribution in [3.8, 4) is 5.75 Å². The fourth-order valence-electron chi connectivity index (χ4n) is 3.97. The zero-order valence-corrected chi connectivity index (χ0v) is 21.0. The number of methoxy groups -OCH3 is 1. The molecule has 0 saturated carbocycles. The number of carbonyl (C=O) groups is 3. The topological polar surface area (TPSA) is 119 Å². The van der Waals surface area contributed by atoms with Gasteiger partial charge in [-0.05, 0) is 43.2 Å². The van der Waals surface area contributed by atoms with Gasteiger partial charge in [-0.25, -0.2) is 9.78 Å². The van der Waals surface area contributed by atoms with E-state index in [4.69, 9.17) is 13.9 Å². The molecular weight excluding hydrogens is 484 g/mol. The molecule has 0 bridgehead atoms. The Hall–Kier alpha value is -3.92. The number of carbonyl (C=O) groups excluding carboxylic acids is 3. The van der Waals surface area contributed by atoms with Crippen LogP contribution in [-0.4, -0.2) is 41.5 Å². The van der Waals surface area contributed by atoms with E-state index in [1.807, 2.05) is 0 Å². The predicted octanol–water partition coefficient (Wildman–Crippen LogP) is 5.18. The van der Waals surface area contributed by atoms with Crippen molar-refractivity contribution >= 4 is 34.1 Å². The van der Waals surface area contributed by atoms with Gasteiger partial charge in [0, 0.05) is 0 Å². The molecule has 1 aliphatic heterocycles. The fraction of sp³-hybridized carbons (Fsp3) is 0.308. The lowest BCUT2D eigenvalue weighted by molar-refractivity contribution is -0.117. The quantitative estimate of drug-likeness (QED) is 0.225. The number of esters is 1. The Morgan fingerprint density at radius 1 is 1.22 bits per heavy atom. The summed E-state index contributed by atoms with van der Waals surface area (Å²) >= 11 is 0.944. The first-order valence-electron chi connectivity index (χ1n) is 11.5. The van der Waals surface area contributed by atoms with Gasteiger partial charge in [-0.15, -0.1) is 0 Å². The van der Waals surface area contributed by atoms with Crippen molar-refractivity contribution in [3.63, 3.8) is 0 Å². The maximum atomic E-state index is 13.4. The average Bonchev–Trinajstić information content (AvgIpc) is 3.60. The number of anilines is 1. The van der Waals surface area contributed by atoms with Gasteiger partial charge < -0.3 is 19.0 Å². The molecule has 0 fully saturated rings. The third-order valence-corrected chi connectivity index (χ3v) is 6.89. The molecule has 3 heterocycles. The van der Waals surface area contributed by atoms with E-state index in [0.717, 1.165) is 30.6 Å². The normalized spacial score (nSPS) is 15.5. The lowest BCUT2D eigenvalue weighted by atomic mass is 9.95. The van der Waals surface area contributed by atoms with Gasteiger partial charge >= 0.3 is 5.97 Å². The summed E-state index contributed by atoms with van der Waals surface area (Å²) in [7, 11) is 1.25. The maximum absolute atomic E-state index is 13.4. The average molecular weight is 511 g/mol. The summed E-state index contributed by atoms with van der Waals surface area (Å²) in [6.45, 7) is 4.25. The Bertz CT molecular complexity index is 1310. The Balaban J connectivity index is 1.79. The summed E-state index contributed by atoms with van der Waals surface area (Å²) in [5, 5.41) is 11.0. The Morgan fingerprint density at radius 2 is 2.03 bits per heavy atom. The van der Waals surface area contributed by atoms with Crippen LogP contribution in [0.25, 0.3) is 0 Å². The van der Waals surface area contributed by atoms with Gasteiger partial charge in [0.2, 0.25) is 5.78 Å². The molecule has 0 radical (unpaired) electrons. The minimum atomic E-state index is -1.02. The molecule has 4 rings (SSSR count). The number of Topliss-reactive ketones (excluding diaryl/α,β-unsaturated/α-hetero) is 1. The first kappa shape index (κ1) is 25.2. The van der Waals surface area contributed by atoms with E-state index in [-0.39, 0.29) is 21.3 Å². The van der Waals surface area contributed by atoms with Gasteiger partial charge in [0.05, 0.1) is 37.3 Å². The number of thiazole rings is 1. The minimum absolute atomic E-state index is 0.0197. The number of aromatic nitrogens is 1. The second kappa shape index (κ2) is 10.8. The second-order valence-corrected chi connectivity index (χ2v) is 9.15. The summed E-state index contributed by atoms with van der Waals surface area (Å²) in [6, 6.07) is 8.99. The summed E-state index contributed by atoms with van der Waals surface area (Å²) < 4.78 is 16.0. The van der Waals surface area contributed by atoms with Crippen molar-refractivity contribution in [2.24, 2.45) is 0 Å². The largest absolute Gasteiger partial charge is 0.503 e. The molecule has 1 N–H and O–H groups in total. The zero-order valence-electron chi connectivity index (χ0n) is 20.1. The molecule has 1 atom stereocenters. The van der Waals surface area contributed by atoms with E-state index < -0.39 is 29.5 Å². The molecule has 10 heteroatoms. The molecule has 0 saturated heterocycles. The summed E-state index contributed by atoms with van der Waals surface area (Å²) in [5.41, 5.74) is 0.750. The van der Waals surface area contributed by atoms with Crippen LogP contribution >= 0.6 is 11.3 Å². The van der Waals surface area contributed by atoms with Crippen LogP contribution in [0.3, 0.4) is 0 Å². The molecule has 9 nitrogen and oxygen atoms in total. The number of hydrogen-bond donors (Lipinski definition) is 1. The number of amides is 1. The van der Waals surface area contributed by atoms with Crippen molar-refractivity contribution in [1.82, 2.24) is 4.98 Å². The number of aryl methyl sites for hydroxylation is 1. The number of nitrogens with zero attached hydrogens (tertiary/aromatic N) is 2. The highest BCUT2D eigenvalue weighted by Gasteiger charge is 2.47. The van der Waals surface area contributed by atoms with Crippen LogP contribution in [0.1, 0.15) is 63.7 Å². The molecule has 36 heavy (non-hydrogen) atoms. The van der Waals surface area contributed by atoms with Crippen LogP contribution in [0.5, 0.6) is 5.75 Å². The number of aliphatic hydroxyl groups excluding tert-OH is 1. The van der Waals surface area contributed by atoms with Crippen molar-refractivity contribution in [2.75, 3.05) is 18.6 Å². The van der Waals surface area contributed by atoms with Crippen LogP contribution in [0.15, 0.2) is 58.4 Å². The first-order chi connectivity index (χ1) is 17.4. The third-order valence-electron chi connectivity index (χ3n) is 5.75. The van der Waals surface area contributed by atoms with E-state index in [1.54, 1.807) is 37.3 Å². The SMILES string of the molecule is CCCCCOc1cccc(C2C(C(=O)c3ccco3)=C(O)C(=O)N2c2nc(C)c(C(=O)OC)s2)c1. The minimum Gasteiger partial charge on any atom is -0.503 e. The van der Waals surface area contributed by atoms with Gasteiger partial charge in [0.25, 0.3) is 5.91 Å².